The van der Waals surface area contributed by atoms with Crippen molar-refractivity contribution in [1.82, 2.24) is 14.7 Å². The number of nitrogens with zero attached hydrogens (tertiary/aromatic N) is 3. The summed E-state index contributed by atoms with van der Waals surface area (Å²) in [7, 11) is 0. The quantitative estimate of drug-likeness (QED) is 0.907. The molecule has 26 heavy (non-hydrogen) atoms. The molecule has 2 saturated heterocycles. The van der Waals surface area contributed by atoms with Gasteiger partial charge in [0, 0.05) is 43.6 Å². The third kappa shape index (κ3) is 2.59. The van der Waals surface area contributed by atoms with Gasteiger partial charge in [-0.15, -0.1) is 0 Å². The molecule has 1 aromatic heterocycles. The number of amides is 1. The fraction of sp³-hybridized carbons (Fsp3) is 0.421. The summed E-state index contributed by atoms with van der Waals surface area (Å²) in [5.41, 5.74) is 1.54. The van der Waals surface area contributed by atoms with Crippen molar-refractivity contribution < 1.29 is 19.4 Å². The highest BCUT2D eigenvalue weighted by Crippen LogP contribution is 2.42. The average molecular weight is 355 g/mol. The predicted molar refractivity (Wildman–Crippen MR) is 93.2 cm³/mol. The van der Waals surface area contributed by atoms with Crippen LogP contribution in [0.15, 0.2) is 36.7 Å². The van der Waals surface area contributed by atoms with Gasteiger partial charge in [-0.25, -0.2) is 4.68 Å². The van der Waals surface area contributed by atoms with E-state index in [1.165, 1.54) is 0 Å². The molecule has 2 fully saturated rings. The van der Waals surface area contributed by atoms with E-state index >= 15 is 0 Å². The maximum atomic E-state index is 13.0. The summed E-state index contributed by atoms with van der Waals surface area (Å²) >= 11 is 0. The molecular formula is C19H21N3O4. The summed E-state index contributed by atoms with van der Waals surface area (Å²) in [6.45, 7) is 3.43. The Morgan fingerprint density at radius 3 is 2.88 bits per heavy atom. The Bertz CT molecular complexity index is 848. The van der Waals surface area contributed by atoms with Crippen LogP contribution in [0.25, 0.3) is 5.69 Å². The summed E-state index contributed by atoms with van der Waals surface area (Å²) in [6, 6.07) is 7.33. The number of hydrogen-bond acceptors (Lipinski definition) is 4. The van der Waals surface area contributed by atoms with Crippen LogP contribution in [0.5, 0.6) is 0 Å². The molecule has 7 nitrogen and oxygen atoms in total. The monoisotopic (exact) mass is 355 g/mol. The van der Waals surface area contributed by atoms with Crippen LogP contribution < -0.4 is 0 Å². The molecule has 0 bridgehead atoms. The number of likely N-dealkylation sites (tertiary alicyclic amines) is 1. The van der Waals surface area contributed by atoms with E-state index in [-0.39, 0.29) is 18.4 Å². The van der Waals surface area contributed by atoms with Crippen molar-refractivity contribution in [2.45, 2.75) is 13.3 Å². The number of rotatable bonds is 3. The standard InChI is InChI=1S/C19H21N3O4/c1-13-9-14(3-4-16(13)22-7-2-6-20-22)17(23)21-10-15-11-26-8-5-19(15,12-21)18(24)25/h2-4,6-7,9,15H,5,8,10-12H2,1H3,(H,24,25)/t15-,19+/m0/s1. The van der Waals surface area contributed by atoms with Gasteiger partial charge in [0.2, 0.25) is 0 Å². The molecule has 0 aliphatic carbocycles. The molecule has 3 heterocycles. The average Bonchev–Trinajstić information content (AvgIpc) is 3.29. The third-order valence-corrected chi connectivity index (χ3v) is 5.61. The van der Waals surface area contributed by atoms with Gasteiger partial charge in [0.25, 0.3) is 5.91 Å². The van der Waals surface area contributed by atoms with Gasteiger partial charge in [-0.1, -0.05) is 0 Å². The topological polar surface area (TPSA) is 84.7 Å². The van der Waals surface area contributed by atoms with E-state index in [9.17, 15) is 14.7 Å². The van der Waals surface area contributed by atoms with Crippen LogP contribution in [0.2, 0.25) is 0 Å². The summed E-state index contributed by atoms with van der Waals surface area (Å²) < 4.78 is 7.21. The minimum Gasteiger partial charge on any atom is -0.481 e. The highest BCUT2D eigenvalue weighted by atomic mass is 16.5. The zero-order chi connectivity index (χ0) is 18.3. The largest absolute Gasteiger partial charge is 0.481 e. The first kappa shape index (κ1) is 16.8. The van der Waals surface area contributed by atoms with E-state index in [2.05, 4.69) is 5.10 Å². The van der Waals surface area contributed by atoms with Gasteiger partial charge >= 0.3 is 5.97 Å². The Morgan fingerprint density at radius 1 is 1.38 bits per heavy atom. The number of carboxylic acids is 1. The van der Waals surface area contributed by atoms with Crippen molar-refractivity contribution in [2.75, 3.05) is 26.3 Å². The lowest BCUT2D eigenvalue weighted by Crippen LogP contribution is -2.45. The van der Waals surface area contributed by atoms with Gasteiger partial charge in [0.15, 0.2) is 0 Å². The second kappa shape index (κ2) is 6.25. The molecule has 2 aliphatic heterocycles. The fourth-order valence-corrected chi connectivity index (χ4v) is 4.09. The number of aliphatic carboxylic acids is 1. The molecule has 0 unspecified atom stereocenters. The van der Waals surface area contributed by atoms with Gasteiger partial charge < -0.3 is 14.7 Å². The molecule has 1 N–H and O–H groups in total. The fourth-order valence-electron chi connectivity index (χ4n) is 4.09. The highest BCUT2D eigenvalue weighted by Gasteiger charge is 2.54. The first-order valence-corrected chi connectivity index (χ1v) is 8.72. The van der Waals surface area contributed by atoms with Crippen LogP contribution in [-0.4, -0.2) is 58.0 Å². The van der Waals surface area contributed by atoms with Crippen LogP contribution in [-0.2, 0) is 9.53 Å². The number of carbonyl (C=O) groups excluding carboxylic acids is 1. The first-order chi connectivity index (χ1) is 12.5. The smallest absolute Gasteiger partial charge is 0.311 e. The summed E-state index contributed by atoms with van der Waals surface area (Å²) in [4.78, 5) is 26.5. The molecule has 7 heteroatoms. The Morgan fingerprint density at radius 2 is 2.23 bits per heavy atom. The van der Waals surface area contributed by atoms with Gasteiger partial charge in [-0.2, -0.15) is 5.10 Å². The van der Waals surface area contributed by atoms with E-state index in [1.54, 1.807) is 21.8 Å². The number of benzene rings is 1. The zero-order valence-electron chi connectivity index (χ0n) is 14.6. The minimum atomic E-state index is -0.877. The lowest BCUT2D eigenvalue weighted by molar-refractivity contribution is -0.157. The van der Waals surface area contributed by atoms with Crippen LogP contribution in [0, 0.1) is 18.3 Å². The van der Waals surface area contributed by atoms with E-state index in [0.717, 1.165) is 11.3 Å². The summed E-state index contributed by atoms with van der Waals surface area (Å²) in [5, 5.41) is 14.0. The summed E-state index contributed by atoms with van der Waals surface area (Å²) in [5.74, 6) is -1.11. The van der Waals surface area contributed by atoms with Crippen LogP contribution in [0.1, 0.15) is 22.3 Å². The van der Waals surface area contributed by atoms with Crippen LogP contribution in [0.4, 0.5) is 0 Å². The molecule has 2 atom stereocenters. The number of aromatic nitrogens is 2. The number of fused-ring (bicyclic) bond motifs is 1. The molecule has 2 aromatic rings. The molecule has 2 aliphatic rings. The maximum absolute atomic E-state index is 13.0. The number of hydrogen-bond donors (Lipinski definition) is 1. The van der Waals surface area contributed by atoms with Gasteiger partial charge in [0.1, 0.15) is 0 Å². The van der Waals surface area contributed by atoms with Crippen molar-refractivity contribution in [1.29, 1.82) is 0 Å². The van der Waals surface area contributed by atoms with Gasteiger partial charge in [0.05, 0.1) is 17.7 Å². The third-order valence-electron chi connectivity index (χ3n) is 5.61. The van der Waals surface area contributed by atoms with Crippen LogP contribution >= 0.6 is 0 Å². The van der Waals surface area contributed by atoms with Crippen molar-refractivity contribution in [3.63, 3.8) is 0 Å². The Kier molecular flexibility index (Phi) is 4.03. The predicted octanol–water partition coefficient (Wildman–Crippen LogP) is 1.74. The molecule has 4 rings (SSSR count). The van der Waals surface area contributed by atoms with E-state index in [0.29, 0.717) is 31.7 Å². The van der Waals surface area contributed by atoms with Crippen molar-refractivity contribution >= 4 is 11.9 Å². The lowest BCUT2D eigenvalue weighted by Gasteiger charge is -2.33. The Balaban J connectivity index is 1.59. The molecule has 1 amide bonds. The maximum Gasteiger partial charge on any atom is 0.311 e. The molecule has 0 radical (unpaired) electrons. The Labute approximate surface area is 151 Å². The molecule has 136 valence electrons. The molecule has 0 spiro atoms. The van der Waals surface area contributed by atoms with E-state index in [1.807, 2.05) is 31.3 Å². The minimum absolute atomic E-state index is 0.129. The SMILES string of the molecule is Cc1cc(C(=O)N2C[C@H]3COCC[C@@]3(C(=O)O)C2)ccc1-n1cccn1. The highest BCUT2D eigenvalue weighted by molar-refractivity contribution is 5.95. The number of carbonyl (C=O) groups is 2. The number of aryl methyl sites for hydroxylation is 1. The Hall–Kier alpha value is -2.67. The van der Waals surface area contributed by atoms with Crippen molar-refractivity contribution in [2.24, 2.45) is 11.3 Å². The number of carboxylic acid groups (broad SMARTS) is 1. The summed E-state index contributed by atoms with van der Waals surface area (Å²) in [6.07, 6.45) is 4.01. The second-order valence-corrected chi connectivity index (χ2v) is 7.12. The molecular weight excluding hydrogens is 334 g/mol. The molecule has 1 aromatic carbocycles. The lowest BCUT2D eigenvalue weighted by atomic mass is 9.74. The second-order valence-electron chi connectivity index (χ2n) is 7.12. The zero-order valence-corrected chi connectivity index (χ0v) is 14.6. The number of ether oxygens (including phenoxy) is 1. The molecule has 0 saturated carbocycles. The first-order valence-electron chi connectivity index (χ1n) is 8.72. The van der Waals surface area contributed by atoms with E-state index < -0.39 is 11.4 Å². The normalized spacial score (nSPS) is 25.1. The van der Waals surface area contributed by atoms with Crippen molar-refractivity contribution in [3.05, 3.63) is 47.8 Å². The van der Waals surface area contributed by atoms with Gasteiger partial charge in [-0.3, -0.25) is 9.59 Å². The van der Waals surface area contributed by atoms with Gasteiger partial charge in [-0.05, 0) is 43.2 Å². The van der Waals surface area contributed by atoms with E-state index in [4.69, 9.17) is 4.74 Å². The van der Waals surface area contributed by atoms with Crippen LogP contribution in [0.3, 0.4) is 0 Å². The van der Waals surface area contributed by atoms with Crippen molar-refractivity contribution in [3.8, 4) is 5.69 Å².